The quantitative estimate of drug-likeness (QED) is 0.464. The first-order chi connectivity index (χ1) is 12.3. The van der Waals surface area contributed by atoms with Gasteiger partial charge in [-0.1, -0.05) is 0 Å². The standard InChI is InChI=1S/C14H17N5O4S3/c1-24-2-5-3-25-12-8(11(21)19(12)9(5)13(22)23)18-10(20)7(15)6-4-26-14(16)17-6/h4,7-8,12H,2-3,15H2,1H3,(H2,16,17)(H,18,20)(H,22,23)/t7?,8?,12-/m0/s1. The number of carboxylic acid groups (broad SMARTS) is 1. The van der Waals surface area contributed by atoms with Crippen LogP contribution in [-0.4, -0.2) is 62.0 Å². The van der Waals surface area contributed by atoms with E-state index in [0.717, 1.165) is 0 Å². The smallest absolute Gasteiger partial charge is 0.352 e. The Hall–Kier alpha value is -1.76. The van der Waals surface area contributed by atoms with Crippen LogP contribution >= 0.6 is 34.9 Å². The number of aromatic nitrogens is 1. The van der Waals surface area contributed by atoms with E-state index in [9.17, 15) is 19.5 Å². The molecule has 6 N–H and O–H groups in total. The van der Waals surface area contributed by atoms with Crippen molar-refractivity contribution in [2.75, 3.05) is 23.5 Å². The molecule has 0 bridgehead atoms. The number of rotatable bonds is 6. The molecule has 3 rings (SSSR count). The molecular formula is C14H17N5O4S3. The van der Waals surface area contributed by atoms with Crippen LogP contribution in [0.2, 0.25) is 0 Å². The summed E-state index contributed by atoms with van der Waals surface area (Å²) in [6.45, 7) is 0. The molecule has 3 atom stereocenters. The van der Waals surface area contributed by atoms with E-state index in [1.54, 1.807) is 5.38 Å². The molecule has 2 aliphatic rings. The first kappa shape index (κ1) is 19.0. The van der Waals surface area contributed by atoms with Crippen molar-refractivity contribution < 1.29 is 19.5 Å². The molecular weight excluding hydrogens is 398 g/mol. The van der Waals surface area contributed by atoms with Crippen LogP contribution in [0.5, 0.6) is 0 Å². The lowest BCUT2D eigenvalue weighted by atomic mass is 10.0. The Labute approximate surface area is 161 Å². The molecule has 0 aliphatic carbocycles. The molecule has 3 heterocycles. The van der Waals surface area contributed by atoms with Gasteiger partial charge in [0.05, 0.1) is 5.69 Å². The molecule has 0 radical (unpaired) electrons. The van der Waals surface area contributed by atoms with E-state index in [-0.39, 0.29) is 5.70 Å². The number of thiazole rings is 1. The Balaban J connectivity index is 1.72. The maximum absolute atomic E-state index is 12.5. The van der Waals surface area contributed by atoms with Gasteiger partial charge >= 0.3 is 5.97 Å². The number of hydrogen-bond donors (Lipinski definition) is 4. The molecule has 0 aromatic carbocycles. The molecule has 12 heteroatoms. The van der Waals surface area contributed by atoms with E-state index >= 15 is 0 Å². The SMILES string of the molecule is CSCC1=C(C(=O)O)N2C(=O)C(NC(=O)C(N)c3csc(N)n3)[C@@H]2SC1. The minimum atomic E-state index is -1.13. The first-order valence-electron chi connectivity index (χ1n) is 7.51. The van der Waals surface area contributed by atoms with Crippen molar-refractivity contribution in [3.63, 3.8) is 0 Å². The van der Waals surface area contributed by atoms with Crippen LogP contribution in [0.4, 0.5) is 5.13 Å². The molecule has 2 aliphatic heterocycles. The van der Waals surface area contributed by atoms with Crippen LogP contribution in [0.15, 0.2) is 16.7 Å². The summed E-state index contributed by atoms with van der Waals surface area (Å²) in [5, 5.41) is 13.5. The van der Waals surface area contributed by atoms with Crippen LogP contribution in [0.1, 0.15) is 11.7 Å². The van der Waals surface area contributed by atoms with Gasteiger partial charge in [-0.05, 0) is 11.8 Å². The highest BCUT2D eigenvalue weighted by molar-refractivity contribution is 8.00. The number of nitrogen functional groups attached to an aromatic ring is 1. The number of amides is 2. The number of nitrogens with two attached hydrogens (primary N) is 2. The molecule has 1 aromatic heterocycles. The van der Waals surface area contributed by atoms with Gasteiger partial charge in [-0.15, -0.1) is 23.1 Å². The third-order valence-electron chi connectivity index (χ3n) is 4.01. The van der Waals surface area contributed by atoms with E-state index in [4.69, 9.17) is 11.5 Å². The number of aliphatic carboxylic acids is 1. The second kappa shape index (κ2) is 7.47. The summed E-state index contributed by atoms with van der Waals surface area (Å²) in [6.07, 6.45) is 1.87. The van der Waals surface area contributed by atoms with Gasteiger partial charge in [0.1, 0.15) is 23.2 Å². The minimum Gasteiger partial charge on any atom is -0.477 e. The maximum atomic E-state index is 12.5. The highest BCUT2D eigenvalue weighted by Gasteiger charge is 2.54. The minimum absolute atomic E-state index is 0.0233. The second-order valence-corrected chi connectivity index (χ2v) is 8.54. The third-order valence-corrected chi connectivity index (χ3v) is 6.68. The van der Waals surface area contributed by atoms with Crippen molar-refractivity contribution in [1.29, 1.82) is 0 Å². The zero-order chi connectivity index (χ0) is 19.0. The van der Waals surface area contributed by atoms with E-state index in [1.165, 1.54) is 39.8 Å². The Morgan fingerprint density at radius 1 is 1.58 bits per heavy atom. The lowest BCUT2D eigenvalue weighted by Crippen LogP contribution is -2.71. The Bertz CT molecular complexity index is 795. The van der Waals surface area contributed by atoms with E-state index < -0.39 is 35.2 Å². The topological polar surface area (TPSA) is 152 Å². The number of anilines is 1. The predicted octanol–water partition coefficient (Wildman–Crippen LogP) is -0.173. The molecule has 1 saturated heterocycles. The average molecular weight is 416 g/mol. The number of β-lactam (4-membered cyclic amide) rings is 1. The van der Waals surface area contributed by atoms with Gasteiger partial charge in [0.25, 0.3) is 5.91 Å². The van der Waals surface area contributed by atoms with Crippen LogP contribution < -0.4 is 16.8 Å². The van der Waals surface area contributed by atoms with E-state index in [2.05, 4.69) is 10.3 Å². The van der Waals surface area contributed by atoms with E-state index in [1.807, 2.05) is 6.26 Å². The number of hydrogen-bond acceptors (Lipinski definition) is 9. The van der Waals surface area contributed by atoms with Gasteiger partial charge in [0, 0.05) is 16.9 Å². The number of nitrogens with zero attached hydrogens (tertiary/aromatic N) is 2. The molecule has 2 amide bonds. The van der Waals surface area contributed by atoms with Gasteiger partial charge < -0.3 is 21.9 Å². The van der Waals surface area contributed by atoms with Crippen LogP contribution in [-0.2, 0) is 14.4 Å². The van der Waals surface area contributed by atoms with Crippen molar-refractivity contribution in [3.8, 4) is 0 Å². The predicted molar refractivity (Wildman–Crippen MR) is 102 cm³/mol. The molecule has 0 saturated carbocycles. The summed E-state index contributed by atoms with van der Waals surface area (Å²) >= 11 is 4.10. The molecule has 26 heavy (non-hydrogen) atoms. The van der Waals surface area contributed by atoms with Gasteiger partial charge in [0.15, 0.2) is 5.13 Å². The zero-order valence-electron chi connectivity index (χ0n) is 13.7. The number of fused-ring (bicyclic) bond motifs is 1. The van der Waals surface area contributed by atoms with Gasteiger partial charge in [-0.3, -0.25) is 14.5 Å². The fourth-order valence-corrected chi connectivity index (χ4v) is 5.45. The van der Waals surface area contributed by atoms with Gasteiger partial charge in [-0.25, -0.2) is 9.78 Å². The monoisotopic (exact) mass is 415 g/mol. The molecule has 0 spiro atoms. The van der Waals surface area contributed by atoms with Crippen molar-refractivity contribution >= 4 is 57.8 Å². The van der Waals surface area contributed by atoms with Crippen molar-refractivity contribution in [1.82, 2.24) is 15.2 Å². The second-order valence-electron chi connectivity index (χ2n) is 5.67. The van der Waals surface area contributed by atoms with Crippen LogP contribution in [0.3, 0.4) is 0 Å². The van der Waals surface area contributed by atoms with Gasteiger partial charge in [0.2, 0.25) is 5.91 Å². The van der Waals surface area contributed by atoms with Gasteiger partial charge in [-0.2, -0.15) is 11.8 Å². The molecule has 9 nitrogen and oxygen atoms in total. The summed E-state index contributed by atoms with van der Waals surface area (Å²) < 4.78 is 0. The van der Waals surface area contributed by atoms with Crippen LogP contribution in [0, 0.1) is 0 Å². The lowest BCUT2D eigenvalue weighted by molar-refractivity contribution is -0.150. The number of thioether (sulfide) groups is 2. The number of nitrogens with one attached hydrogen (secondary N) is 1. The van der Waals surface area contributed by atoms with Crippen molar-refractivity contribution in [3.05, 3.63) is 22.3 Å². The molecule has 2 unspecified atom stereocenters. The fraction of sp³-hybridized carbons (Fsp3) is 0.429. The van der Waals surface area contributed by atoms with Crippen LogP contribution in [0.25, 0.3) is 0 Å². The zero-order valence-corrected chi connectivity index (χ0v) is 16.1. The molecule has 1 fully saturated rings. The summed E-state index contributed by atoms with van der Waals surface area (Å²) in [6, 6.07) is -1.85. The molecule has 1 aromatic rings. The largest absolute Gasteiger partial charge is 0.477 e. The summed E-state index contributed by atoms with van der Waals surface area (Å²) in [5.41, 5.74) is 12.5. The normalized spacial score (nSPS) is 23.3. The van der Waals surface area contributed by atoms with Crippen molar-refractivity contribution in [2.24, 2.45) is 5.73 Å². The average Bonchev–Trinajstić information content (AvgIpc) is 3.04. The number of carboxylic acids is 1. The lowest BCUT2D eigenvalue weighted by Gasteiger charge is -2.49. The Kier molecular flexibility index (Phi) is 5.46. The Morgan fingerprint density at radius 2 is 2.31 bits per heavy atom. The number of carbonyl (C=O) groups is 3. The third kappa shape index (κ3) is 3.29. The van der Waals surface area contributed by atoms with E-state index in [0.29, 0.717) is 27.9 Å². The first-order valence-corrected chi connectivity index (χ1v) is 10.8. The highest BCUT2D eigenvalue weighted by atomic mass is 32.2. The van der Waals surface area contributed by atoms with Crippen molar-refractivity contribution in [2.45, 2.75) is 17.5 Å². The summed E-state index contributed by atoms with van der Waals surface area (Å²) in [5.74, 6) is -1.09. The fourth-order valence-electron chi connectivity index (χ4n) is 2.79. The summed E-state index contributed by atoms with van der Waals surface area (Å²) in [4.78, 5) is 41.6. The highest BCUT2D eigenvalue weighted by Crippen LogP contribution is 2.41. The summed E-state index contributed by atoms with van der Waals surface area (Å²) in [7, 11) is 0. The maximum Gasteiger partial charge on any atom is 0.352 e. The molecule has 140 valence electrons. The number of carbonyl (C=O) groups excluding carboxylic acids is 2. The Morgan fingerprint density at radius 3 is 2.88 bits per heavy atom.